The van der Waals surface area contributed by atoms with Crippen molar-refractivity contribution in [3.8, 4) is 0 Å². The minimum Gasteiger partial charge on any atom is -0.462 e. The number of allylic oxidation sites excluding steroid dienone is 2. The van der Waals surface area contributed by atoms with Gasteiger partial charge in [0.05, 0.1) is 6.61 Å². The van der Waals surface area contributed by atoms with E-state index in [1.165, 1.54) is 103 Å². The molecule has 7 N–H and O–H groups in total. The number of ether oxygens (including phenoxy) is 2. The first kappa shape index (κ1) is 59.8. The Balaban J connectivity index is 2.58. The zero-order valence-corrected chi connectivity index (χ0v) is 40.3. The maximum atomic E-state index is 13.0. The van der Waals surface area contributed by atoms with Crippen molar-refractivity contribution in [1.82, 2.24) is 0 Å². The van der Waals surface area contributed by atoms with Gasteiger partial charge in [0.15, 0.2) is 6.10 Å². The van der Waals surface area contributed by atoms with E-state index in [4.69, 9.17) is 18.5 Å². The lowest BCUT2D eigenvalue weighted by atomic mass is 9.85. The Morgan fingerprint density at radius 1 is 0.492 bits per heavy atom. The van der Waals surface area contributed by atoms with E-state index >= 15 is 0 Å². The summed E-state index contributed by atoms with van der Waals surface area (Å²) in [6.07, 6.45) is 21.7. The zero-order valence-electron chi connectivity index (χ0n) is 38.5. The Kier molecular flexibility index (Phi) is 34.9. The summed E-state index contributed by atoms with van der Waals surface area (Å²) in [5.41, 5.74) is 0. The van der Waals surface area contributed by atoms with Crippen molar-refractivity contribution in [3.63, 3.8) is 0 Å². The van der Waals surface area contributed by atoms with Gasteiger partial charge in [0.25, 0.3) is 0 Å². The van der Waals surface area contributed by atoms with Gasteiger partial charge in [-0.1, -0.05) is 167 Å². The van der Waals surface area contributed by atoms with Gasteiger partial charge in [-0.3, -0.25) is 23.2 Å². The molecular weight excluding hydrogens is 858 g/mol. The first-order valence-corrected chi connectivity index (χ1v) is 27.3. The molecule has 1 aliphatic carbocycles. The van der Waals surface area contributed by atoms with Crippen molar-refractivity contribution in [2.24, 2.45) is 0 Å². The summed E-state index contributed by atoms with van der Waals surface area (Å²) in [5, 5.41) is 41.2. The number of aliphatic hydroxyl groups excluding tert-OH is 4. The van der Waals surface area contributed by atoms with Crippen molar-refractivity contribution in [1.29, 1.82) is 0 Å². The van der Waals surface area contributed by atoms with E-state index in [1.54, 1.807) is 0 Å². The van der Waals surface area contributed by atoms with Crippen LogP contribution in [0, 0.1) is 0 Å². The molecule has 0 aromatic heterocycles. The molecule has 3 unspecified atom stereocenters. The van der Waals surface area contributed by atoms with Gasteiger partial charge in [-0.2, -0.15) is 0 Å². The van der Waals surface area contributed by atoms with E-state index in [2.05, 4.69) is 30.5 Å². The summed E-state index contributed by atoms with van der Waals surface area (Å²) in [4.78, 5) is 54.3. The topological polar surface area (TPSA) is 256 Å². The fourth-order valence-electron chi connectivity index (χ4n) is 7.55. The first-order valence-electron chi connectivity index (χ1n) is 24.2. The molecular formula is C45H86O16P2. The molecule has 0 saturated heterocycles. The van der Waals surface area contributed by atoms with Gasteiger partial charge < -0.3 is 44.6 Å². The molecule has 8 atom stereocenters. The number of hydrogen-bond donors (Lipinski definition) is 7. The van der Waals surface area contributed by atoms with Crippen LogP contribution in [0.2, 0.25) is 0 Å². The van der Waals surface area contributed by atoms with Crippen LogP contribution in [-0.2, 0) is 41.8 Å². The van der Waals surface area contributed by atoms with Crippen LogP contribution in [0.25, 0.3) is 0 Å². The molecule has 0 radical (unpaired) electrons. The number of esters is 2. The molecule has 0 heterocycles. The van der Waals surface area contributed by atoms with Crippen LogP contribution in [0.3, 0.4) is 0 Å². The van der Waals surface area contributed by atoms with Crippen molar-refractivity contribution in [2.75, 3.05) is 13.2 Å². The lowest BCUT2D eigenvalue weighted by Crippen LogP contribution is -2.64. The van der Waals surface area contributed by atoms with Gasteiger partial charge in [0.2, 0.25) is 0 Å². The van der Waals surface area contributed by atoms with E-state index in [0.717, 1.165) is 64.2 Å². The summed E-state index contributed by atoms with van der Waals surface area (Å²) >= 11 is 0. The minimum absolute atomic E-state index is 0.0383. The van der Waals surface area contributed by atoms with Crippen LogP contribution in [0.4, 0.5) is 0 Å². The third-order valence-electron chi connectivity index (χ3n) is 11.3. The summed E-state index contributed by atoms with van der Waals surface area (Å²) in [7, 11) is -10.7. The van der Waals surface area contributed by atoms with E-state index < -0.39 is 83.5 Å². The van der Waals surface area contributed by atoms with Crippen molar-refractivity contribution in [3.05, 3.63) is 12.2 Å². The van der Waals surface area contributed by atoms with Crippen LogP contribution in [0.5, 0.6) is 0 Å². The maximum absolute atomic E-state index is 13.0. The molecule has 0 spiro atoms. The van der Waals surface area contributed by atoms with Gasteiger partial charge >= 0.3 is 27.6 Å². The molecule has 0 bridgehead atoms. The molecule has 16 nitrogen and oxygen atoms in total. The van der Waals surface area contributed by atoms with E-state index in [-0.39, 0.29) is 12.8 Å². The summed E-state index contributed by atoms with van der Waals surface area (Å²) in [5.74, 6) is -1.20. The Bertz CT molecular complexity index is 1280. The number of rotatable bonds is 41. The molecule has 63 heavy (non-hydrogen) atoms. The second kappa shape index (κ2) is 36.8. The molecule has 1 saturated carbocycles. The smallest absolute Gasteiger partial charge is 0.462 e. The fraction of sp³-hybridized carbons (Fsp3) is 0.911. The van der Waals surface area contributed by atoms with Crippen LogP contribution < -0.4 is 0 Å². The molecule has 372 valence electrons. The average Bonchev–Trinajstić information content (AvgIpc) is 3.23. The second-order valence-corrected chi connectivity index (χ2v) is 19.8. The summed E-state index contributed by atoms with van der Waals surface area (Å²) < 4.78 is 49.4. The molecule has 0 aromatic carbocycles. The van der Waals surface area contributed by atoms with E-state index in [9.17, 15) is 53.8 Å². The van der Waals surface area contributed by atoms with E-state index in [1.807, 2.05) is 0 Å². The number of hydrogen-bond acceptors (Lipinski definition) is 13. The number of phosphoric acid groups is 2. The van der Waals surface area contributed by atoms with Crippen LogP contribution in [-0.4, -0.2) is 103 Å². The normalized spacial score (nSPS) is 22.0. The first-order chi connectivity index (χ1) is 30.1. The standard InChI is InChI=1S/C45H86O16P2/c1-3-5-7-9-11-13-15-17-19-21-23-25-27-29-31-33-38(46)57-35-37(59-39(47)34-32-30-28-26-24-22-20-18-16-14-12-10-8-6-4-2)36-58-63(55,56)61-45-42(50)40(48)41(49)44(43(45)51)60-62(52,53)54/h18,20,37,40-45,48-51H,3-17,19,21-36H2,1-2H3,(H,55,56)(H2,52,53,54)/b20-18-/t37-,40?,41-,42-,43?,44+,45-/m1/s1. The number of aliphatic hydroxyl groups is 4. The highest BCUT2D eigenvalue weighted by molar-refractivity contribution is 7.47. The lowest BCUT2D eigenvalue weighted by Gasteiger charge is -2.43. The molecule has 0 aliphatic heterocycles. The highest BCUT2D eigenvalue weighted by Gasteiger charge is 2.54. The third-order valence-corrected chi connectivity index (χ3v) is 12.8. The predicted octanol–water partition coefficient (Wildman–Crippen LogP) is 9.18. The largest absolute Gasteiger partial charge is 0.472 e. The molecule has 0 aromatic rings. The van der Waals surface area contributed by atoms with Crippen LogP contribution >= 0.6 is 15.6 Å². The Morgan fingerprint density at radius 2 is 0.873 bits per heavy atom. The molecule has 1 fully saturated rings. The average molecular weight is 945 g/mol. The van der Waals surface area contributed by atoms with Crippen molar-refractivity contribution >= 4 is 27.6 Å². The number of carbonyl (C=O) groups is 2. The number of unbranched alkanes of at least 4 members (excludes halogenated alkanes) is 25. The zero-order chi connectivity index (χ0) is 46.8. The fourth-order valence-corrected chi connectivity index (χ4v) is 9.09. The quantitative estimate of drug-likeness (QED) is 0.0130. The molecule has 1 rings (SSSR count). The van der Waals surface area contributed by atoms with Crippen LogP contribution in [0.1, 0.15) is 206 Å². The van der Waals surface area contributed by atoms with Gasteiger partial charge in [-0.25, -0.2) is 9.13 Å². The third kappa shape index (κ3) is 31.4. The number of phosphoric ester groups is 2. The van der Waals surface area contributed by atoms with Crippen molar-refractivity contribution < 1.29 is 76.9 Å². The van der Waals surface area contributed by atoms with Crippen molar-refractivity contribution in [2.45, 2.75) is 249 Å². The summed E-state index contributed by atoms with van der Waals surface area (Å²) in [6.45, 7) is 3.11. The predicted molar refractivity (Wildman–Crippen MR) is 241 cm³/mol. The Morgan fingerprint density at radius 3 is 1.30 bits per heavy atom. The molecule has 18 heteroatoms. The Labute approximate surface area is 378 Å². The second-order valence-electron chi connectivity index (χ2n) is 17.2. The van der Waals surface area contributed by atoms with E-state index in [0.29, 0.717) is 12.8 Å². The van der Waals surface area contributed by atoms with Gasteiger partial charge in [-0.05, 0) is 38.5 Å². The maximum Gasteiger partial charge on any atom is 0.472 e. The highest BCUT2D eigenvalue weighted by atomic mass is 31.2. The Hall–Kier alpha value is -1.26. The monoisotopic (exact) mass is 945 g/mol. The minimum atomic E-state index is -5.36. The highest BCUT2D eigenvalue weighted by Crippen LogP contribution is 2.49. The van der Waals surface area contributed by atoms with Crippen LogP contribution in [0.15, 0.2) is 12.2 Å². The van der Waals surface area contributed by atoms with Gasteiger partial charge in [0, 0.05) is 12.8 Å². The SMILES string of the molecule is CCCCCCCC/C=C\CCCCCCCC(=O)O[C@H](COC(=O)CCCCCCCCCCCCCCCCC)COP(=O)(O)O[C@H]1C(O)[C@@H](OP(=O)(O)O)[C@H](O)C(O)[C@H]1O. The van der Waals surface area contributed by atoms with Gasteiger partial charge in [0.1, 0.15) is 43.2 Å². The molecule has 0 amide bonds. The summed E-state index contributed by atoms with van der Waals surface area (Å²) in [6, 6.07) is 0. The molecule has 1 aliphatic rings. The number of carbonyl (C=O) groups excluding carboxylic acids is 2. The van der Waals surface area contributed by atoms with Gasteiger partial charge in [-0.15, -0.1) is 0 Å². The lowest BCUT2D eigenvalue weighted by molar-refractivity contribution is -0.216.